The monoisotopic (exact) mass is 612 g/mol. The molecular formula is C29H29F5N2O7. The van der Waals surface area contributed by atoms with Crippen molar-refractivity contribution in [3.8, 4) is 11.5 Å². The Morgan fingerprint density at radius 1 is 0.930 bits per heavy atom. The molecule has 14 heteroatoms. The maximum Gasteiger partial charge on any atom is 0.419 e. The van der Waals surface area contributed by atoms with Gasteiger partial charge in [0.15, 0.2) is 11.6 Å². The van der Waals surface area contributed by atoms with Crippen LogP contribution in [0.4, 0.5) is 27.6 Å². The maximum atomic E-state index is 14.9. The zero-order valence-electron chi connectivity index (χ0n) is 22.9. The summed E-state index contributed by atoms with van der Waals surface area (Å²) in [5.74, 6) is -6.41. The molecule has 2 saturated heterocycles. The number of alkyl halides is 3. The number of carboxylic acids is 1. The fourth-order valence-electron chi connectivity index (χ4n) is 6.05. The summed E-state index contributed by atoms with van der Waals surface area (Å²) in [6.07, 6.45) is -4.08. The van der Waals surface area contributed by atoms with E-state index in [-0.39, 0.29) is 22.7 Å². The lowest BCUT2D eigenvalue weighted by molar-refractivity contribution is -0.143. The number of ether oxygens (including phenoxy) is 3. The number of hydrogen-bond acceptors (Lipinski definition) is 6. The Morgan fingerprint density at radius 2 is 1.63 bits per heavy atom. The molecule has 2 aromatic rings. The lowest BCUT2D eigenvalue weighted by atomic mass is 9.83. The average molecular weight is 613 g/mol. The molecule has 232 valence electrons. The number of methoxy groups -OCH3 is 1. The molecule has 2 aliphatic heterocycles. The van der Waals surface area contributed by atoms with Gasteiger partial charge in [0.05, 0.1) is 54.4 Å². The zero-order valence-corrected chi connectivity index (χ0v) is 22.9. The Labute approximate surface area is 242 Å². The van der Waals surface area contributed by atoms with Gasteiger partial charge in [-0.1, -0.05) is 0 Å². The number of carboxylic acid groups (broad SMARTS) is 1. The second-order valence-electron chi connectivity index (χ2n) is 10.9. The van der Waals surface area contributed by atoms with Gasteiger partial charge in [-0.2, -0.15) is 13.2 Å². The van der Waals surface area contributed by atoms with Crippen molar-refractivity contribution in [1.82, 2.24) is 5.32 Å². The summed E-state index contributed by atoms with van der Waals surface area (Å²) < 4.78 is 84.9. The molecule has 43 heavy (non-hydrogen) atoms. The van der Waals surface area contributed by atoms with E-state index < -0.39 is 77.3 Å². The van der Waals surface area contributed by atoms with Crippen molar-refractivity contribution in [2.24, 2.45) is 11.8 Å². The van der Waals surface area contributed by atoms with Crippen LogP contribution in [0, 0.1) is 23.5 Å². The van der Waals surface area contributed by atoms with Crippen molar-refractivity contribution in [3.63, 3.8) is 0 Å². The van der Waals surface area contributed by atoms with Crippen LogP contribution in [-0.2, 0) is 20.5 Å². The topological polar surface area (TPSA) is 123 Å². The van der Waals surface area contributed by atoms with E-state index in [4.69, 9.17) is 14.2 Å². The number of benzene rings is 2. The van der Waals surface area contributed by atoms with Gasteiger partial charge in [0, 0.05) is 11.8 Å². The number of fused-ring (bicyclic) bond motifs is 2. The highest BCUT2D eigenvalue weighted by Crippen LogP contribution is 2.41. The third-order valence-corrected chi connectivity index (χ3v) is 8.23. The predicted molar refractivity (Wildman–Crippen MR) is 140 cm³/mol. The standard InChI is InChI=1S/C29H29F5N2O7/c1-41-22-12-19(31)23(42-15-5-2-13(3-6-15)28(39)40)11-16(22)26(37)36-25-21-9-8-20(43-21)24(25)27(38)35-14-4-7-18(30)17(10-14)29(32,33)34/h4,7,10-13,15,20-21,24-25H,2-3,5-6,8-9H2,1H3,(H,35,38)(H,36,37)(H,39,40)/t13?,15?,20-,21+,24+,25-/m1/s1. The highest BCUT2D eigenvalue weighted by Gasteiger charge is 2.53. The smallest absolute Gasteiger partial charge is 0.419 e. The average Bonchev–Trinajstić information content (AvgIpc) is 3.56. The molecule has 0 radical (unpaired) electrons. The Balaban J connectivity index is 1.32. The van der Waals surface area contributed by atoms with E-state index in [9.17, 15) is 41.4 Å². The fraction of sp³-hybridized carbons (Fsp3) is 0.483. The van der Waals surface area contributed by atoms with Crippen LogP contribution in [0.2, 0.25) is 0 Å². The van der Waals surface area contributed by atoms with Crippen molar-refractivity contribution < 1.29 is 55.7 Å². The molecule has 1 saturated carbocycles. The number of amides is 2. The van der Waals surface area contributed by atoms with Gasteiger partial charge in [-0.3, -0.25) is 14.4 Å². The highest BCUT2D eigenvalue weighted by atomic mass is 19.4. The molecule has 3 aliphatic rings. The van der Waals surface area contributed by atoms with Gasteiger partial charge in [-0.15, -0.1) is 0 Å². The van der Waals surface area contributed by atoms with E-state index in [1.807, 2.05) is 0 Å². The van der Waals surface area contributed by atoms with E-state index in [2.05, 4.69) is 10.6 Å². The quantitative estimate of drug-likeness (QED) is 0.362. The van der Waals surface area contributed by atoms with Gasteiger partial charge < -0.3 is 30.0 Å². The number of halogens is 5. The van der Waals surface area contributed by atoms with Crippen molar-refractivity contribution in [3.05, 3.63) is 53.1 Å². The van der Waals surface area contributed by atoms with E-state index in [0.717, 1.165) is 12.1 Å². The summed E-state index contributed by atoms with van der Waals surface area (Å²) in [6.45, 7) is 0. The number of carbonyl (C=O) groups excluding carboxylic acids is 2. The molecule has 0 spiro atoms. The molecule has 4 atom stereocenters. The molecule has 5 rings (SSSR count). The molecule has 0 aromatic heterocycles. The lowest BCUT2D eigenvalue weighted by Gasteiger charge is -2.29. The molecule has 2 bridgehead atoms. The first-order valence-corrected chi connectivity index (χ1v) is 13.8. The van der Waals surface area contributed by atoms with Crippen molar-refractivity contribution in [2.45, 2.75) is 69.1 Å². The second kappa shape index (κ2) is 12.0. The second-order valence-corrected chi connectivity index (χ2v) is 10.9. The van der Waals surface area contributed by atoms with Gasteiger partial charge in [-0.25, -0.2) is 8.78 Å². The van der Waals surface area contributed by atoms with Crippen LogP contribution in [0.3, 0.4) is 0 Å². The SMILES string of the molecule is COc1cc(F)c(OC2CCC(C(=O)O)CC2)cc1C(=O)N[C@H]1[C@@H](C(=O)Nc2ccc(F)c(C(F)(F)F)c2)[C@H]2CC[C@@H]1O2. The third kappa shape index (κ3) is 6.38. The minimum Gasteiger partial charge on any atom is -0.496 e. The Hall–Kier alpha value is -3.94. The number of rotatable bonds is 8. The largest absolute Gasteiger partial charge is 0.496 e. The van der Waals surface area contributed by atoms with Gasteiger partial charge >= 0.3 is 12.1 Å². The number of aliphatic carboxylic acids is 1. The number of anilines is 1. The molecular weight excluding hydrogens is 583 g/mol. The Morgan fingerprint density at radius 3 is 2.28 bits per heavy atom. The summed E-state index contributed by atoms with van der Waals surface area (Å²) in [7, 11) is 1.24. The summed E-state index contributed by atoms with van der Waals surface area (Å²) in [6, 6.07) is 3.39. The van der Waals surface area contributed by atoms with Gasteiger partial charge in [0.2, 0.25) is 5.91 Å². The van der Waals surface area contributed by atoms with E-state index in [0.29, 0.717) is 50.7 Å². The van der Waals surface area contributed by atoms with Gasteiger partial charge in [0.1, 0.15) is 11.6 Å². The highest BCUT2D eigenvalue weighted by molar-refractivity contribution is 5.99. The zero-order chi connectivity index (χ0) is 31.1. The molecule has 2 amide bonds. The van der Waals surface area contributed by atoms with Crippen LogP contribution in [0.1, 0.15) is 54.4 Å². The first-order valence-electron chi connectivity index (χ1n) is 13.8. The van der Waals surface area contributed by atoms with E-state index >= 15 is 0 Å². The fourth-order valence-corrected chi connectivity index (χ4v) is 6.05. The van der Waals surface area contributed by atoms with Crippen LogP contribution < -0.4 is 20.1 Å². The molecule has 3 fully saturated rings. The summed E-state index contributed by atoms with van der Waals surface area (Å²) >= 11 is 0. The normalized spacial score (nSPS) is 26.6. The summed E-state index contributed by atoms with van der Waals surface area (Å²) in [5, 5.41) is 14.3. The van der Waals surface area contributed by atoms with Gasteiger partial charge in [0.25, 0.3) is 5.91 Å². The van der Waals surface area contributed by atoms with Crippen LogP contribution in [0.25, 0.3) is 0 Å². The minimum absolute atomic E-state index is 0.0894. The summed E-state index contributed by atoms with van der Waals surface area (Å²) in [5.41, 5.74) is -1.89. The van der Waals surface area contributed by atoms with E-state index in [1.165, 1.54) is 13.2 Å². The minimum atomic E-state index is -4.97. The Kier molecular flexibility index (Phi) is 8.50. The Bertz CT molecular complexity index is 1410. The van der Waals surface area contributed by atoms with Crippen molar-refractivity contribution >= 4 is 23.5 Å². The summed E-state index contributed by atoms with van der Waals surface area (Å²) in [4.78, 5) is 37.9. The molecule has 9 nitrogen and oxygen atoms in total. The van der Waals surface area contributed by atoms with Crippen molar-refractivity contribution in [1.29, 1.82) is 0 Å². The number of nitrogens with one attached hydrogen (secondary N) is 2. The predicted octanol–water partition coefficient (Wildman–Crippen LogP) is 4.93. The molecule has 0 unspecified atom stereocenters. The van der Waals surface area contributed by atoms with Gasteiger partial charge in [-0.05, 0) is 62.8 Å². The third-order valence-electron chi connectivity index (χ3n) is 8.23. The first-order chi connectivity index (χ1) is 20.3. The van der Waals surface area contributed by atoms with Crippen LogP contribution in [0.5, 0.6) is 11.5 Å². The molecule has 3 N–H and O–H groups in total. The first kappa shape index (κ1) is 30.5. The number of hydrogen-bond donors (Lipinski definition) is 3. The lowest BCUT2D eigenvalue weighted by Crippen LogP contribution is -2.51. The maximum absolute atomic E-state index is 14.9. The molecule has 2 aromatic carbocycles. The van der Waals surface area contributed by atoms with Crippen LogP contribution in [0.15, 0.2) is 30.3 Å². The van der Waals surface area contributed by atoms with Crippen LogP contribution in [-0.4, -0.2) is 54.4 Å². The van der Waals surface area contributed by atoms with Crippen LogP contribution >= 0.6 is 0 Å². The van der Waals surface area contributed by atoms with Crippen molar-refractivity contribution in [2.75, 3.05) is 12.4 Å². The molecule has 2 heterocycles. The number of carbonyl (C=O) groups is 3. The molecule has 1 aliphatic carbocycles. The van der Waals surface area contributed by atoms with E-state index in [1.54, 1.807) is 0 Å².